The number of halogens is 1. The van der Waals surface area contributed by atoms with E-state index in [2.05, 4.69) is 50.8 Å². The Bertz CT molecular complexity index is 1110. The number of hydrogen-bond acceptors (Lipinski definition) is 6. The van der Waals surface area contributed by atoms with E-state index in [0.29, 0.717) is 23.2 Å². The molecule has 0 atom stereocenters. The predicted octanol–water partition coefficient (Wildman–Crippen LogP) is 4.27. The summed E-state index contributed by atoms with van der Waals surface area (Å²) in [5.41, 5.74) is 4.54. The van der Waals surface area contributed by atoms with Gasteiger partial charge in [0.2, 0.25) is 11.9 Å². The number of amides is 1. The first-order valence-electron chi connectivity index (χ1n) is 9.69. The third-order valence-electron chi connectivity index (χ3n) is 5.09. The molecule has 0 radical (unpaired) electrons. The molecule has 0 bridgehead atoms. The van der Waals surface area contributed by atoms with Gasteiger partial charge in [0, 0.05) is 48.9 Å². The van der Waals surface area contributed by atoms with Crippen molar-refractivity contribution in [1.82, 2.24) is 20.3 Å². The molecule has 3 aromatic rings. The number of pyridine rings is 1. The maximum atomic E-state index is 11.1. The van der Waals surface area contributed by atoms with Gasteiger partial charge in [0.15, 0.2) is 0 Å². The van der Waals surface area contributed by atoms with E-state index in [4.69, 9.17) is 11.6 Å². The Balaban J connectivity index is 1.56. The lowest BCUT2D eigenvalue weighted by atomic mass is 9.87. The van der Waals surface area contributed by atoms with E-state index < -0.39 is 0 Å². The van der Waals surface area contributed by atoms with Crippen molar-refractivity contribution in [3.8, 4) is 11.3 Å². The molecule has 2 aromatic heterocycles. The van der Waals surface area contributed by atoms with E-state index in [-0.39, 0.29) is 11.3 Å². The molecule has 0 saturated heterocycles. The van der Waals surface area contributed by atoms with Crippen molar-refractivity contribution in [3.63, 3.8) is 0 Å². The van der Waals surface area contributed by atoms with Crippen molar-refractivity contribution in [2.24, 2.45) is 0 Å². The standard InChI is InChI=1S/C22H23ClN6O/c1-13(30)25-10-14-4-5-19(17(23)8-14)29-21-24-7-6-18(28-21)15-9-16-20(26-11-15)27-12-22(16,2)3/h4-9,11H,10,12H2,1-3H3,(H,25,30)(H,26,27)(H,24,28,29). The van der Waals surface area contributed by atoms with Gasteiger partial charge in [-0.1, -0.05) is 31.5 Å². The van der Waals surface area contributed by atoms with Gasteiger partial charge in [-0.25, -0.2) is 15.0 Å². The topological polar surface area (TPSA) is 91.8 Å². The third kappa shape index (κ3) is 4.21. The second-order valence-electron chi connectivity index (χ2n) is 7.97. The van der Waals surface area contributed by atoms with Crippen molar-refractivity contribution in [3.05, 3.63) is 58.9 Å². The lowest BCUT2D eigenvalue weighted by Crippen LogP contribution is -2.18. The number of anilines is 3. The van der Waals surface area contributed by atoms with Crippen LogP contribution in [-0.4, -0.2) is 27.4 Å². The van der Waals surface area contributed by atoms with Crippen molar-refractivity contribution < 1.29 is 4.79 Å². The zero-order valence-corrected chi connectivity index (χ0v) is 17.8. The minimum atomic E-state index is -0.0845. The molecule has 0 aliphatic carbocycles. The maximum Gasteiger partial charge on any atom is 0.227 e. The van der Waals surface area contributed by atoms with Crippen LogP contribution in [0.3, 0.4) is 0 Å². The first kappa shape index (κ1) is 20.1. The highest BCUT2D eigenvalue weighted by Gasteiger charge is 2.31. The van der Waals surface area contributed by atoms with Crippen LogP contribution in [0.4, 0.5) is 17.5 Å². The molecule has 0 fully saturated rings. The van der Waals surface area contributed by atoms with Crippen molar-refractivity contribution >= 4 is 35.0 Å². The highest BCUT2D eigenvalue weighted by molar-refractivity contribution is 6.33. The van der Waals surface area contributed by atoms with Crippen LogP contribution < -0.4 is 16.0 Å². The fourth-order valence-electron chi connectivity index (χ4n) is 3.36. The average Bonchev–Trinajstić information content (AvgIpc) is 3.03. The van der Waals surface area contributed by atoms with E-state index in [0.717, 1.165) is 29.2 Å². The molecule has 7 nitrogen and oxygen atoms in total. The molecule has 0 saturated carbocycles. The van der Waals surface area contributed by atoms with Crippen LogP contribution >= 0.6 is 11.6 Å². The number of carbonyl (C=O) groups excluding carboxylic acids is 1. The van der Waals surface area contributed by atoms with E-state index in [1.807, 2.05) is 30.5 Å². The highest BCUT2D eigenvalue weighted by Crippen LogP contribution is 2.36. The Hall–Kier alpha value is -3.19. The zero-order valence-electron chi connectivity index (χ0n) is 17.1. The Kier molecular flexibility index (Phi) is 5.30. The molecular formula is C22H23ClN6O. The first-order valence-corrected chi connectivity index (χ1v) is 10.1. The monoisotopic (exact) mass is 422 g/mol. The van der Waals surface area contributed by atoms with Gasteiger partial charge in [0.1, 0.15) is 5.82 Å². The van der Waals surface area contributed by atoms with Crippen LogP contribution in [0.15, 0.2) is 42.7 Å². The normalized spacial score (nSPS) is 14.0. The van der Waals surface area contributed by atoms with Gasteiger partial charge in [-0.05, 0) is 29.8 Å². The first-order chi connectivity index (χ1) is 14.3. The number of nitrogens with zero attached hydrogens (tertiary/aromatic N) is 3. The molecule has 1 aliphatic rings. The molecule has 154 valence electrons. The van der Waals surface area contributed by atoms with Crippen LogP contribution in [0.2, 0.25) is 5.02 Å². The van der Waals surface area contributed by atoms with Gasteiger partial charge in [-0.2, -0.15) is 0 Å². The third-order valence-corrected chi connectivity index (χ3v) is 5.40. The van der Waals surface area contributed by atoms with Crippen molar-refractivity contribution in [1.29, 1.82) is 0 Å². The number of nitrogens with one attached hydrogen (secondary N) is 3. The molecule has 3 N–H and O–H groups in total. The highest BCUT2D eigenvalue weighted by atomic mass is 35.5. The summed E-state index contributed by atoms with van der Waals surface area (Å²) in [5.74, 6) is 1.29. The lowest BCUT2D eigenvalue weighted by molar-refractivity contribution is -0.119. The number of carbonyl (C=O) groups is 1. The van der Waals surface area contributed by atoms with E-state index in [1.165, 1.54) is 12.5 Å². The van der Waals surface area contributed by atoms with Gasteiger partial charge < -0.3 is 16.0 Å². The number of benzene rings is 1. The van der Waals surface area contributed by atoms with Crippen LogP contribution in [0.25, 0.3) is 11.3 Å². The van der Waals surface area contributed by atoms with Crippen LogP contribution in [0.5, 0.6) is 0 Å². The summed E-state index contributed by atoms with van der Waals surface area (Å²) in [6, 6.07) is 9.55. The molecule has 1 aromatic carbocycles. The second kappa shape index (κ2) is 7.91. The van der Waals surface area contributed by atoms with Gasteiger partial charge in [0.05, 0.1) is 16.4 Å². The molecular weight excluding hydrogens is 400 g/mol. The minimum Gasteiger partial charge on any atom is -0.369 e. The van der Waals surface area contributed by atoms with Crippen LogP contribution in [-0.2, 0) is 16.8 Å². The van der Waals surface area contributed by atoms with E-state index in [1.54, 1.807) is 6.20 Å². The fraction of sp³-hybridized carbons (Fsp3) is 0.273. The van der Waals surface area contributed by atoms with Crippen molar-refractivity contribution in [2.45, 2.75) is 32.7 Å². The smallest absolute Gasteiger partial charge is 0.227 e. The van der Waals surface area contributed by atoms with Gasteiger partial charge in [0.25, 0.3) is 0 Å². The summed E-state index contributed by atoms with van der Waals surface area (Å²) in [6.07, 6.45) is 3.53. The maximum absolute atomic E-state index is 11.1. The summed E-state index contributed by atoms with van der Waals surface area (Å²) < 4.78 is 0. The number of hydrogen-bond donors (Lipinski definition) is 3. The summed E-state index contributed by atoms with van der Waals surface area (Å²) in [4.78, 5) is 24.6. The minimum absolute atomic E-state index is 0.0268. The Morgan fingerprint density at radius 1 is 1.23 bits per heavy atom. The zero-order chi connectivity index (χ0) is 21.3. The summed E-state index contributed by atoms with van der Waals surface area (Å²) in [7, 11) is 0. The Morgan fingerprint density at radius 2 is 2.07 bits per heavy atom. The summed E-state index contributed by atoms with van der Waals surface area (Å²) in [5, 5.41) is 9.79. The number of fused-ring (bicyclic) bond motifs is 1. The van der Waals surface area contributed by atoms with E-state index >= 15 is 0 Å². The Morgan fingerprint density at radius 3 is 2.83 bits per heavy atom. The lowest BCUT2D eigenvalue weighted by Gasteiger charge is -2.17. The van der Waals surface area contributed by atoms with Gasteiger partial charge in [-0.3, -0.25) is 4.79 Å². The molecule has 0 unspecified atom stereocenters. The largest absolute Gasteiger partial charge is 0.369 e. The summed E-state index contributed by atoms with van der Waals surface area (Å²) in [6.45, 7) is 7.17. The number of aromatic nitrogens is 3. The molecule has 1 amide bonds. The van der Waals surface area contributed by atoms with Crippen molar-refractivity contribution in [2.75, 3.05) is 17.2 Å². The molecule has 4 rings (SSSR count). The van der Waals surface area contributed by atoms with E-state index in [9.17, 15) is 4.79 Å². The van der Waals surface area contributed by atoms with Gasteiger partial charge >= 0.3 is 0 Å². The second-order valence-corrected chi connectivity index (χ2v) is 8.38. The quantitative estimate of drug-likeness (QED) is 0.568. The summed E-state index contributed by atoms with van der Waals surface area (Å²) >= 11 is 6.40. The molecule has 0 spiro atoms. The fourth-order valence-corrected chi connectivity index (χ4v) is 3.61. The Labute approximate surface area is 180 Å². The number of rotatable bonds is 5. The predicted molar refractivity (Wildman–Crippen MR) is 119 cm³/mol. The molecule has 3 heterocycles. The van der Waals surface area contributed by atoms with Gasteiger partial charge in [-0.15, -0.1) is 0 Å². The van der Waals surface area contributed by atoms with Crippen LogP contribution in [0.1, 0.15) is 31.9 Å². The van der Waals surface area contributed by atoms with Crippen LogP contribution in [0, 0.1) is 0 Å². The molecule has 30 heavy (non-hydrogen) atoms. The molecule has 1 aliphatic heterocycles. The SMILES string of the molecule is CC(=O)NCc1ccc(Nc2nccc(-c3cnc4c(c3)C(C)(C)CN4)n2)c(Cl)c1. The average molecular weight is 423 g/mol. The molecule has 8 heteroatoms.